The molecule has 1 aliphatic carbocycles. The molecule has 1 aliphatic heterocycles. The minimum atomic E-state index is 0.190. The van der Waals surface area contributed by atoms with E-state index in [1.807, 2.05) is 0 Å². The Hall–Kier alpha value is -1.22. The minimum absolute atomic E-state index is 0.190. The smallest absolute Gasteiger partial charge is 0.0702 e. The molecule has 3 heteroatoms. The predicted octanol–water partition coefficient (Wildman–Crippen LogP) is 3.66. The molecule has 1 atom stereocenters. The summed E-state index contributed by atoms with van der Waals surface area (Å²) >= 11 is 0. The van der Waals surface area contributed by atoms with Gasteiger partial charge in [0.05, 0.1) is 5.60 Å². The Labute approximate surface area is 122 Å². The molecule has 0 radical (unpaired) electrons. The fourth-order valence-electron chi connectivity index (χ4n) is 3.63. The molecule has 1 unspecified atom stereocenters. The number of rotatable bonds is 3. The van der Waals surface area contributed by atoms with E-state index in [1.165, 1.54) is 43.5 Å². The highest BCUT2D eigenvalue weighted by molar-refractivity contribution is 5.57. The van der Waals surface area contributed by atoms with Crippen LogP contribution in [0.4, 0.5) is 11.4 Å². The fraction of sp³-hybridized carbons (Fsp3) is 0.647. The number of benzene rings is 1. The number of hydrogen-bond donors (Lipinski definition) is 1. The molecule has 20 heavy (non-hydrogen) atoms. The average molecular weight is 274 g/mol. The normalized spacial score (nSPS) is 24.8. The van der Waals surface area contributed by atoms with Crippen LogP contribution in [0.3, 0.4) is 0 Å². The molecule has 1 aromatic rings. The lowest BCUT2D eigenvalue weighted by Gasteiger charge is -2.39. The van der Waals surface area contributed by atoms with E-state index in [0.717, 1.165) is 13.0 Å². The topological polar surface area (TPSA) is 24.5 Å². The highest BCUT2D eigenvalue weighted by atomic mass is 16.5. The Morgan fingerprint density at radius 1 is 1.25 bits per heavy atom. The zero-order chi connectivity index (χ0) is 14.0. The van der Waals surface area contributed by atoms with E-state index in [4.69, 9.17) is 4.74 Å². The van der Waals surface area contributed by atoms with Gasteiger partial charge in [0, 0.05) is 38.1 Å². The monoisotopic (exact) mass is 274 g/mol. The van der Waals surface area contributed by atoms with Gasteiger partial charge in [-0.1, -0.05) is 18.9 Å². The third-order valence-corrected chi connectivity index (χ3v) is 4.74. The molecule has 1 spiro atoms. The van der Waals surface area contributed by atoms with Crippen molar-refractivity contribution in [1.82, 2.24) is 0 Å². The number of hydrogen-bond acceptors (Lipinski definition) is 3. The first-order valence-corrected chi connectivity index (χ1v) is 7.85. The van der Waals surface area contributed by atoms with Gasteiger partial charge in [-0.25, -0.2) is 0 Å². The van der Waals surface area contributed by atoms with Gasteiger partial charge < -0.3 is 15.0 Å². The van der Waals surface area contributed by atoms with Gasteiger partial charge in [0.1, 0.15) is 0 Å². The van der Waals surface area contributed by atoms with Crippen LogP contribution in [0.5, 0.6) is 0 Å². The molecular formula is C17H26N2O. The van der Waals surface area contributed by atoms with E-state index >= 15 is 0 Å². The van der Waals surface area contributed by atoms with Crippen LogP contribution in [-0.2, 0) is 4.74 Å². The van der Waals surface area contributed by atoms with Crippen molar-refractivity contribution in [2.45, 2.75) is 50.2 Å². The van der Waals surface area contributed by atoms with Crippen molar-refractivity contribution in [2.24, 2.45) is 0 Å². The lowest BCUT2D eigenvalue weighted by Crippen LogP contribution is -2.42. The first kappa shape index (κ1) is 13.7. The van der Waals surface area contributed by atoms with E-state index in [2.05, 4.69) is 48.6 Å². The van der Waals surface area contributed by atoms with Crippen LogP contribution >= 0.6 is 0 Å². The van der Waals surface area contributed by atoms with Gasteiger partial charge in [-0.05, 0) is 43.9 Å². The summed E-state index contributed by atoms with van der Waals surface area (Å²) < 4.78 is 6.11. The summed E-state index contributed by atoms with van der Waals surface area (Å²) in [6.07, 6.45) is 7.46. The van der Waals surface area contributed by atoms with Crippen molar-refractivity contribution in [3.8, 4) is 0 Å². The second-order valence-electron chi connectivity index (χ2n) is 6.52. The second-order valence-corrected chi connectivity index (χ2v) is 6.52. The molecule has 1 heterocycles. The summed E-state index contributed by atoms with van der Waals surface area (Å²) in [7, 11) is 4.17. The summed E-state index contributed by atoms with van der Waals surface area (Å²) in [4.78, 5) is 2.15. The summed E-state index contributed by atoms with van der Waals surface area (Å²) in [5.74, 6) is 0. The van der Waals surface area contributed by atoms with Gasteiger partial charge in [-0.2, -0.15) is 0 Å². The largest absolute Gasteiger partial charge is 0.382 e. The lowest BCUT2D eigenvalue weighted by atomic mass is 9.89. The van der Waals surface area contributed by atoms with Gasteiger partial charge in [-0.3, -0.25) is 0 Å². The predicted molar refractivity (Wildman–Crippen MR) is 84.6 cm³/mol. The van der Waals surface area contributed by atoms with E-state index < -0.39 is 0 Å². The molecule has 2 fully saturated rings. The first-order valence-electron chi connectivity index (χ1n) is 7.85. The molecule has 1 saturated carbocycles. The van der Waals surface area contributed by atoms with Crippen LogP contribution in [-0.4, -0.2) is 32.3 Å². The maximum Gasteiger partial charge on any atom is 0.0702 e. The Bertz CT molecular complexity index is 452. The third kappa shape index (κ3) is 2.93. The SMILES string of the molecule is CN(C)c1cccc(NC2CCOC3(CCCC3)C2)c1. The molecule has 0 bridgehead atoms. The van der Waals surface area contributed by atoms with Crippen molar-refractivity contribution < 1.29 is 4.74 Å². The highest BCUT2D eigenvalue weighted by Crippen LogP contribution is 2.40. The molecule has 1 aromatic carbocycles. The highest BCUT2D eigenvalue weighted by Gasteiger charge is 2.39. The molecule has 0 aromatic heterocycles. The standard InChI is InChI=1S/C17H26N2O/c1-19(2)16-7-5-6-14(12-16)18-15-8-11-20-17(13-15)9-3-4-10-17/h5-7,12,15,18H,3-4,8-11,13H2,1-2H3. The van der Waals surface area contributed by atoms with Crippen molar-refractivity contribution in [1.29, 1.82) is 0 Å². The average Bonchev–Trinajstić information content (AvgIpc) is 2.87. The molecule has 2 aliphatic rings. The maximum atomic E-state index is 6.11. The summed E-state index contributed by atoms with van der Waals surface area (Å²) in [6.45, 7) is 0.908. The summed E-state index contributed by atoms with van der Waals surface area (Å²) in [5, 5.41) is 3.72. The van der Waals surface area contributed by atoms with Gasteiger partial charge >= 0.3 is 0 Å². The molecule has 0 amide bonds. The second kappa shape index (κ2) is 5.65. The minimum Gasteiger partial charge on any atom is -0.382 e. The van der Waals surface area contributed by atoms with E-state index in [-0.39, 0.29) is 5.60 Å². The maximum absolute atomic E-state index is 6.11. The number of ether oxygens (including phenoxy) is 1. The molecular weight excluding hydrogens is 248 g/mol. The van der Waals surface area contributed by atoms with Gasteiger partial charge in [0.15, 0.2) is 0 Å². The quantitative estimate of drug-likeness (QED) is 0.910. The van der Waals surface area contributed by atoms with E-state index in [0.29, 0.717) is 6.04 Å². The number of anilines is 2. The Kier molecular flexibility index (Phi) is 3.88. The Morgan fingerprint density at radius 3 is 2.80 bits per heavy atom. The summed E-state index contributed by atoms with van der Waals surface area (Å²) in [5.41, 5.74) is 2.67. The van der Waals surface area contributed by atoms with Gasteiger partial charge in [0.2, 0.25) is 0 Å². The van der Waals surface area contributed by atoms with Crippen LogP contribution in [0.1, 0.15) is 38.5 Å². The third-order valence-electron chi connectivity index (χ3n) is 4.74. The molecule has 3 nitrogen and oxygen atoms in total. The number of nitrogens with one attached hydrogen (secondary N) is 1. The Balaban J connectivity index is 1.66. The van der Waals surface area contributed by atoms with Crippen molar-refractivity contribution in [3.63, 3.8) is 0 Å². The van der Waals surface area contributed by atoms with Crippen LogP contribution in [0.25, 0.3) is 0 Å². The lowest BCUT2D eigenvalue weighted by molar-refractivity contribution is -0.0767. The van der Waals surface area contributed by atoms with Crippen molar-refractivity contribution >= 4 is 11.4 Å². The van der Waals surface area contributed by atoms with Crippen LogP contribution in [0.2, 0.25) is 0 Å². The van der Waals surface area contributed by atoms with Gasteiger partial charge in [0.25, 0.3) is 0 Å². The van der Waals surface area contributed by atoms with Crippen molar-refractivity contribution in [3.05, 3.63) is 24.3 Å². The van der Waals surface area contributed by atoms with Crippen LogP contribution in [0.15, 0.2) is 24.3 Å². The first-order chi connectivity index (χ1) is 9.67. The van der Waals surface area contributed by atoms with Crippen LogP contribution < -0.4 is 10.2 Å². The van der Waals surface area contributed by atoms with Gasteiger partial charge in [-0.15, -0.1) is 0 Å². The molecule has 110 valence electrons. The van der Waals surface area contributed by atoms with Crippen LogP contribution in [0, 0.1) is 0 Å². The zero-order valence-electron chi connectivity index (χ0n) is 12.7. The summed E-state index contributed by atoms with van der Waals surface area (Å²) in [6, 6.07) is 9.23. The molecule has 3 rings (SSSR count). The number of nitrogens with zero attached hydrogens (tertiary/aromatic N) is 1. The molecule has 1 N–H and O–H groups in total. The van der Waals surface area contributed by atoms with Crippen molar-refractivity contribution in [2.75, 3.05) is 30.9 Å². The fourth-order valence-corrected chi connectivity index (χ4v) is 3.63. The molecule has 1 saturated heterocycles. The Morgan fingerprint density at radius 2 is 2.05 bits per heavy atom. The zero-order valence-corrected chi connectivity index (χ0v) is 12.7. The van der Waals surface area contributed by atoms with E-state index in [1.54, 1.807) is 0 Å². The van der Waals surface area contributed by atoms with E-state index in [9.17, 15) is 0 Å².